The van der Waals surface area contributed by atoms with Gasteiger partial charge in [0.25, 0.3) is 5.91 Å². The molecule has 1 heterocycles. The minimum absolute atomic E-state index is 0.0615. The molecule has 4 rings (SSSR count). The van der Waals surface area contributed by atoms with Crippen LogP contribution in [0.3, 0.4) is 0 Å². The summed E-state index contributed by atoms with van der Waals surface area (Å²) in [5.41, 5.74) is 2.17. The Hall–Kier alpha value is -3.08. The molecule has 1 aliphatic rings. The van der Waals surface area contributed by atoms with Crippen LogP contribution < -0.4 is 10.1 Å². The molecule has 1 saturated carbocycles. The quantitative estimate of drug-likeness (QED) is 0.587. The Morgan fingerprint density at radius 2 is 1.86 bits per heavy atom. The Morgan fingerprint density at radius 1 is 1.07 bits per heavy atom. The van der Waals surface area contributed by atoms with Crippen molar-refractivity contribution in [2.24, 2.45) is 0 Å². The van der Waals surface area contributed by atoms with Gasteiger partial charge in [-0.3, -0.25) is 4.79 Å². The number of hydrogen-bond acceptors (Lipinski definition) is 4. The number of benzene rings is 2. The lowest BCUT2D eigenvalue weighted by molar-refractivity contribution is 0.0934. The molecule has 1 N–H and O–H groups in total. The zero-order valence-corrected chi connectivity index (χ0v) is 16.7. The molecule has 5 nitrogen and oxygen atoms in total. The van der Waals surface area contributed by atoms with E-state index in [2.05, 4.69) is 10.3 Å². The summed E-state index contributed by atoms with van der Waals surface area (Å²) in [6, 6.07) is 15.4. The first kappa shape index (κ1) is 19.2. The minimum Gasteiger partial charge on any atom is -0.497 e. The maximum Gasteiger partial charge on any atom is 0.252 e. The number of carbonyl (C=O) groups is 1. The number of nitrogens with zero attached hydrogens (tertiary/aromatic N) is 1. The maximum atomic E-state index is 13.0. The third kappa shape index (κ3) is 4.50. The van der Waals surface area contributed by atoms with Crippen molar-refractivity contribution in [1.82, 2.24) is 10.3 Å². The summed E-state index contributed by atoms with van der Waals surface area (Å²) in [5, 5.41) is 3.21. The van der Waals surface area contributed by atoms with Gasteiger partial charge in [0.05, 0.1) is 18.9 Å². The molecule has 0 aliphatic heterocycles. The highest BCUT2D eigenvalue weighted by atomic mass is 16.5. The second kappa shape index (κ2) is 8.95. The molecule has 0 bridgehead atoms. The average molecular weight is 390 g/mol. The predicted molar refractivity (Wildman–Crippen MR) is 113 cm³/mol. The Bertz CT molecular complexity index is 972. The van der Waals surface area contributed by atoms with E-state index in [1.54, 1.807) is 13.3 Å². The summed E-state index contributed by atoms with van der Waals surface area (Å²) in [4.78, 5) is 17.4. The van der Waals surface area contributed by atoms with Crippen LogP contribution in [-0.2, 0) is 0 Å². The van der Waals surface area contributed by atoms with Crippen molar-refractivity contribution in [1.29, 1.82) is 0 Å². The molecule has 2 aromatic carbocycles. The normalized spacial score (nSPS) is 14.9. The van der Waals surface area contributed by atoms with Gasteiger partial charge in [0, 0.05) is 17.2 Å². The number of hydrogen-bond donors (Lipinski definition) is 1. The number of ether oxygens (including phenoxy) is 1. The number of carbonyl (C=O) groups excluding carboxylic acids is 1. The Morgan fingerprint density at radius 3 is 2.66 bits per heavy atom. The van der Waals surface area contributed by atoms with Gasteiger partial charge in [0.2, 0.25) is 5.89 Å². The minimum atomic E-state index is -0.0615. The molecule has 1 aliphatic carbocycles. The SMILES string of the molecule is COc1cccc(-c2cnc(-c3ccccc3C(=O)NC3CCCCCC3)o2)c1. The Labute approximate surface area is 171 Å². The summed E-state index contributed by atoms with van der Waals surface area (Å²) in [5.74, 6) is 1.77. The van der Waals surface area contributed by atoms with Crippen molar-refractivity contribution >= 4 is 5.91 Å². The fourth-order valence-electron chi connectivity index (χ4n) is 3.86. The van der Waals surface area contributed by atoms with Crippen LogP contribution in [0.4, 0.5) is 0 Å². The van der Waals surface area contributed by atoms with Crippen molar-refractivity contribution in [3.05, 3.63) is 60.3 Å². The first-order valence-corrected chi connectivity index (χ1v) is 10.2. The fraction of sp³-hybridized carbons (Fsp3) is 0.333. The van der Waals surface area contributed by atoms with Gasteiger partial charge >= 0.3 is 0 Å². The highest BCUT2D eigenvalue weighted by molar-refractivity contribution is 6.00. The van der Waals surface area contributed by atoms with Gasteiger partial charge in [-0.1, -0.05) is 49.9 Å². The number of nitrogens with one attached hydrogen (secondary N) is 1. The number of methoxy groups -OCH3 is 1. The third-order valence-corrected chi connectivity index (χ3v) is 5.45. The van der Waals surface area contributed by atoms with E-state index in [1.807, 2.05) is 48.5 Å². The predicted octanol–water partition coefficient (Wildman–Crippen LogP) is 5.47. The third-order valence-electron chi connectivity index (χ3n) is 5.45. The lowest BCUT2D eigenvalue weighted by Gasteiger charge is -2.17. The average Bonchev–Trinajstić information content (AvgIpc) is 3.12. The van der Waals surface area contributed by atoms with Crippen molar-refractivity contribution in [2.75, 3.05) is 7.11 Å². The fourth-order valence-corrected chi connectivity index (χ4v) is 3.86. The molecule has 1 fully saturated rings. The molecular weight excluding hydrogens is 364 g/mol. The van der Waals surface area contributed by atoms with E-state index >= 15 is 0 Å². The van der Waals surface area contributed by atoms with Crippen LogP contribution in [0.5, 0.6) is 5.75 Å². The topological polar surface area (TPSA) is 64.4 Å². The standard InChI is InChI=1S/C24H26N2O3/c1-28-19-12-8-9-17(15-19)22-16-25-24(29-22)21-14-7-6-13-20(21)23(27)26-18-10-4-2-3-5-11-18/h6-9,12-16,18H,2-5,10-11H2,1H3,(H,26,27). The molecule has 3 aromatic rings. The molecule has 0 radical (unpaired) electrons. The molecule has 0 spiro atoms. The van der Waals surface area contributed by atoms with Crippen LogP contribution in [0.15, 0.2) is 59.1 Å². The van der Waals surface area contributed by atoms with Gasteiger partial charge in [-0.05, 0) is 37.1 Å². The van der Waals surface area contributed by atoms with Gasteiger partial charge in [-0.15, -0.1) is 0 Å². The summed E-state index contributed by atoms with van der Waals surface area (Å²) >= 11 is 0. The molecule has 1 aromatic heterocycles. The van der Waals surface area contributed by atoms with E-state index in [9.17, 15) is 4.79 Å². The van der Waals surface area contributed by atoms with E-state index in [0.717, 1.165) is 24.2 Å². The first-order chi connectivity index (χ1) is 14.2. The van der Waals surface area contributed by atoms with E-state index < -0.39 is 0 Å². The largest absolute Gasteiger partial charge is 0.497 e. The van der Waals surface area contributed by atoms with Crippen molar-refractivity contribution in [3.63, 3.8) is 0 Å². The first-order valence-electron chi connectivity index (χ1n) is 10.2. The van der Waals surface area contributed by atoms with Crippen LogP contribution in [-0.4, -0.2) is 24.0 Å². The van der Waals surface area contributed by atoms with E-state index in [-0.39, 0.29) is 11.9 Å². The highest BCUT2D eigenvalue weighted by Crippen LogP contribution is 2.30. The number of amides is 1. The maximum absolute atomic E-state index is 13.0. The monoisotopic (exact) mass is 390 g/mol. The van der Waals surface area contributed by atoms with Gasteiger partial charge in [-0.2, -0.15) is 0 Å². The summed E-state index contributed by atoms with van der Waals surface area (Å²) in [6.45, 7) is 0. The number of rotatable bonds is 5. The van der Waals surface area contributed by atoms with Crippen LogP contribution >= 0.6 is 0 Å². The van der Waals surface area contributed by atoms with Gasteiger partial charge in [-0.25, -0.2) is 4.98 Å². The molecule has 1 amide bonds. The lowest BCUT2D eigenvalue weighted by atomic mass is 10.0. The van der Waals surface area contributed by atoms with Crippen LogP contribution in [0.25, 0.3) is 22.8 Å². The van der Waals surface area contributed by atoms with Crippen LogP contribution in [0, 0.1) is 0 Å². The summed E-state index contributed by atoms with van der Waals surface area (Å²) in [6.07, 6.45) is 8.65. The summed E-state index contributed by atoms with van der Waals surface area (Å²) in [7, 11) is 1.63. The van der Waals surface area contributed by atoms with Crippen molar-refractivity contribution in [3.8, 4) is 28.5 Å². The molecule has 0 saturated heterocycles. The van der Waals surface area contributed by atoms with Crippen molar-refractivity contribution < 1.29 is 13.9 Å². The number of oxazole rings is 1. The van der Waals surface area contributed by atoms with Crippen LogP contribution in [0.1, 0.15) is 48.9 Å². The van der Waals surface area contributed by atoms with E-state index in [0.29, 0.717) is 22.8 Å². The molecular formula is C24H26N2O3. The highest BCUT2D eigenvalue weighted by Gasteiger charge is 2.20. The smallest absolute Gasteiger partial charge is 0.252 e. The Kier molecular flexibility index (Phi) is 5.94. The van der Waals surface area contributed by atoms with E-state index in [1.165, 1.54) is 25.7 Å². The second-order valence-corrected chi connectivity index (χ2v) is 7.47. The van der Waals surface area contributed by atoms with Crippen LogP contribution in [0.2, 0.25) is 0 Å². The van der Waals surface area contributed by atoms with Gasteiger partial charge in [0.1, 0.15) is 5.75 Å². The van der Waals surface area contributed by atoms with Crippen molar-refractivity contribution in [2.45, 2.75) is 44.6 Å². The molecule has 0 atom stereocenters. The summed E-state index contributed by atoms with van der Waals surface area (Å²) < 4.78 is 11.3. The Balaban J connectivity index is 1.58. The lowest BCUT2D eigenvalue weighted by Crippen LogP contribution is -2.34. The molecule has 29 heavy (non-hydrogen) atoms. The second-order valence-electron chi connectivity index (χ2n) is 7.47. The zero-order valence-electron chi connectivity index (χ0n) is 16.7. The molecule has 150 valence electrons. The molecule has 5 heteroatoms. The zero-order chi connectivity index (χ0) is 20.1. The molecule has 0 unspecified atom stereocenters. The van der Waals surface area contributed by atoms with Gasteiger partial charge < -0.3 is 14.5 Å². The number of aromatic nitrogens is 1. The van der Waals surface area contributed by atoms with E-state index in [4.69, 9.17) is 9.15 Å². The van der Waals surface area contributed by atoms with Gasteiger partial charge in [0.15, 0.2) is 5.76 Å².